The number of nitrogens with zero attached hydrogens (tertiary/aromatic N) is 2. The van der Waals surface area contributed by atoms with Crippen molar-refractivity contribution in [3.8, 4) is 0 Å². The first-order chi connectivity index (χ1) is 9.15. The fraction of sp³-hybridized carbons (Fsp3) is 1.00. The summed E-state index contributed by atoms with van der Waals surface area (Å²) in [5.41, 5.74) is 6.04. The Morgan fingerprint density at radius 1 is 1.11 bits per heavy atom. The maximum atomic E-state index is 6.04. The first-order valence-electron chi connectivity index (χ1n) is 8.35. The normalized spacial score (nSPS) is 32.1. The molecule has 0 spiro atoms. The SMILES string of the molecule is CCC1CCN(C2CCN(C(C)C)CC2)C(CN)C1. The van der Waals surface area contributed by atoms with Gasteiger partial charge < -0.3 is 10.6 Å². The van der Waals surface area contributed by atoms with Gasteiger partial charge in [0.15, 0.2) is 0 Å². The zero-order valence-electron chi connectivity index (χ0n) is 13.1. The van der Waals surface area contributed by atoms with E-state index in [0.29, 0.717) is 12.1 Å². The van der Waals surface area contributed by atoms with Crippen molar-refractivity contribution in [3.63, 3.8) is 0 Å². The second-order valence-electron chi connectivity index (χ2n) is 6.79. The van der Waals surface area contributed by atoms with Gasteiger partial charge in [0.1, 0.15) is 0 Å². The topological polar surface area (TPSA) is 32.5 Å². The van der Waals surface area contributed by atoms with Gasteiger partial charge in [0.2, 0.25) is 0 Å². The Bertz CT molecular complexity index is 259. The van der Waals surface area contributed by atoms with Crippen molar-refractivity contribution in [2.75, 3.05) is 26.2 Å². The van der Waals surface area contributed by atoms with Gasteiger partial charge in [-0.15, -0.1) is 0 Å². The van der Waals surface area contributed by atoms with E-state index < -0.39 is 0 Å². The van der Waals surface area contributed by atoms with E-state index in [0.717, 1.165) is 18.5 Å². The summed E-state index contributed by atoms with van der Waals surface area (Å²) in [5, 5.41) is 0. The van der Waals surface area contributed by atoms with E-state index in [1.54, 1.807) is 0 Å². The van der Waals surface area contributed by atoms with Gasteiger partial charge in [0.25, 0.3) is 0 Å². The standard InChI is InChI=1S/C16H33N3/c1-4-14-5-10-19(16(11-14)12-17)15-6-8-18(9-7-15)13(2)3/h13-16H,4-12,17H2,1-3H3. The molecule has 2 aliphatic rings. The largest absolute Gasteiger partial charge is 0.329 e. The molecule has 0 radical (unpaired) electrons. The van der Waals surface area contributed by atoms with Gasteiger partial charge in [0, 0.05) is 24.7 Å². The summed E-state index contributed by atoms with van der Waals surface area (Å²) >= 11 is 0. The van der Waals surface area contributed by atoms with E-state index >= 15 is 0 Å². The van der Waals surface area contributed by atoms with E-state index in [9.17, 15) is 0 Å². The van der Waals surface area contributed by atoms with Crippen LogP contribution in [-0.2, 0) is 0 Å². The molecule has 2 aliphatic heterocycles. The molecule has 0 saturated carbocycles. The summed E-state index contributed by atoms with van der Waals surface area (Å²) in [6.07, 6.45) is 6.72. The highest BCUT2D eigenvalue weighted by atomic mass is 15.2. The molecule has 2 fully saturated rings. The Labute approximate surface area is 119 Å². The number of likely N-dealkylation sites (tertiary alicyclic amines) is 2. The Hall–Kier alpha value is -0.120. The van der Waals surface area contributed by atoms with E-state index in [2.05, 4.69) is 30.6 Å². The molecule has 0 aromatic heterocycles. The molecule has 2 N–H and O–H groups in total. The number of rotatable bonds is 4. The number of hydrogen-bond acceptors (Lipinski definition) is 3. The second-order valence-corrected chi connectivity index (χ2v) is 6.79. The molecule has 2 heterocycles. The van der Waals surface area contributed by atoms with Gasteiger partial charge in [-0.05, 0) is 65.1 Å². The third-order valence-corrected chi connectivity index (χ3v) is 5.42. The van der Waals surface area contributed by atoms with Crippen LogP contribution < -0.4 is 5.73 Å². The lowest BCUT2D eigenvalue weighted by atomic mass is 9.86. The molecule has 0 aliphatic carbocycles. The number of piperidine rings is 2. The van der Waals surface area contributed by atoms with Crippen molar-refractivity contribution in [1.82, 2.24) is 9.80 Å². The van der Waals surface area contributed by atoms with Crippen LogP contribution in [0.1, 0.15) is 52.9 Å². The summed E-state index contributed by atoms with van der Waals surface area (Å²) in [5.74, 6) is 0.917. The quantitative estimate of drug-likeness (QED) is 0.848. The molecule has 0 aromatic rings. The van der Waals surface area contributed by atoms with E-state index in [4.69, 9.17) is 5.73 Å². The monoisotopic (exact) mass is 267 g/mol. The number of hydrogen-bond donors (Lipinski definition) is 1. The van der Waals surface area contributed by atoms with E-state index in [1.807, 2.05) is 0 Å². The van der Waals surface area contributed by atoms with Crippen LogP contribution in [0.4, 0.5) is 0 Å². The predicted molar refractivity (Wildman–Crippen MR) is 82.3 cm³/mol. The Kier molecular flexibility index (Phi) is 5.67. The predicted octanol–water partition coefficient (Wildman–Crippen LogP) is 2.31. The minimum Gasteiger partial charge on any atom is -0.329 e. The van der Waals surface area contributed by atoms with Crippen LogP contribution >= 0.6 is 0 Å². The van der Waals surface area contributed by atoms with Gasteiger partial charge in [-0.25, -0.2) is 0 Å². The molecule has 112 valence electrons. The molecule has 2 atom stereocenters. The van der Waals surface area contributed by atoms with Crippen LogP contribution in [0.5, 0.6) is 0 Å². The molecule has 0 bridgehead atoms. The molecule has 3 nitrogen and oxygen atoms in total. The molecular weight excluding hydrogens is 234 g/mol. The lowest BCUT2D eigenvalue weighted by molar-refractivity contribution is 0.0295. The van der Waals surface area contributed by atoms with Crippen LogP contribution in [0.25, 0.3) is 0 Å². The van der Waals surface area contributed by atoms with Crippen molar-refractivity contribution in [2.24, 2.45) is 11.7 Å². The third-order valence-electron chi connectivity index (χ3n) is 5.42. The average molecular weight is 267 g/mol. The highest BCUT2D eigenvalue weighted by molar-refractivity contribution is 4.89. The fourth-order valence-corrected chi connectivity index (χ4v) is 3.97. The maximum Gasteiger partial charge on any atom is 0.0224 e. The average Bonchev–Trinajstić information content (AvgIpc) is 2.46. The van der Waals surface area contributed by atoms with Gasteiger partial charge in [-0.3, -0.25) is 4.90 Å². The van der Waals surface area contributed by atoms with Gasteiger partial charge in [0.05, 0.1) is 0 Å². The van der Waals surface area contributed by atoms with Crippen LogP contribution in [0.15, 0.2) is 0 Å². The van der Waals surface area contributed by atoms with Crippen molar-refractivity contribution >= 4 is 0 Å². The third kappa shape index (κ3) is 3.71. The van der Waals surface area contributed by atoms with Crippen LogP contribution in [0.2, 0.25) is 0 Å². The molecular formula is C16H33N3. The second kappa shape index (κ2) is 7.05. The molecule has 0 aromatic carbocycles. The molecule has 0 amide bonds. The van der Waals surface area contributed by atoms with Crippen LogP contribution in [0.3, 0.4) is 0 Å². The molecule has 3 heteroatoms. The van der Waals surface area contributed by atoms with Crippen molar-refractivity contribution < 1.29 is 0 Å². The summed E-state index contributed by atoms with van der Waals surface area (Å²) < 4.78 is 0. The van der Waals surface area contributed by atoms with Crippen molar-refractivity contribution in [2.45, 2.75) is 71.0 Å². The minimum absolute atomic E-state index is 0.647. The van der Waals surface area contributed by atoms with Crippen molar-refractivity contribution in [3.05, 3.63) is 0 Å². The Morgan fingerprint density at radius 2 is 1.79 bits per heavy atom. The lowest BCUT2D eigenvalue weighted by Crippen LogP contribution is -2.55. The maximum absolute atomic E-state index is 6.04. The first kappa shape index (κ1) is 15.3. The minimum atomic E-state index is 0.647. The Morgan fingerprint density at radius 3 is 2.32 bits per heavy atom. The van der Waals surface area contributed by atoms with Crippen molar-refractivity contribution in [1.29, 1.82) is 0 Å². The molecule has 2 saturated heterocycles. The fourth-order valence-electron chi connectivity index (χ4n) is 3.97. The summed E-state index contributed by atoms with van der Waals surface area (Å²) in [6, 6.07) is 2.15. The molecule has 2 unspecified atom stereocenters. The number of nitrogens with two attached hydrogens (primary N) is 1. The van der Waals surface area contributed by atoms with E-state index in [1.165, 1.54) is 51.7 Å². The Balaban J connectivity index is 1.88. The van der Waals surface area contributed by atoms with E-state index in [-0.39, 0.29) is 0 Å². The first-order valence-corrected chi connectivity index (χ1v) is 8.35. The zero-order chi connectivity index (χ0) is 13.8. The summed E-state index contributed by atoms with van der Waals surface area (Å²) in [6.45, 7) is 11.6. The highest BCUT2D eigenvalue weighted by Crippen LogP contribution is 2.29. The van der Waals surface area contributed by atoms with Crippen LogP contribution in [0, 0.1) is 5.92 Å². The smallest absolute Gasteiger partial charge is 0.0224 e. The van der Waals surface area contributed by atoms with Gasteiger partial charge >= 0.3 is 0 Å². The van der Waals surface area contributed by atoms with Gasteiger partial charge in [-0.2, -0.15) is 0 Å². The lowest BCUT2D eigenvalue weighted by Gasteiger charge is -2.46. The summed E-state index contributed by atoms with van der Waals surface area (Å²) in [7, 11) is 0. The van der Waals surface area contributed by atoms with Crippen LogP contribution in [-0.4, -0.2) is 54.1 Å². The zero-order valence-corrected chi connectivity index (χ0v) is 13.1. The highest BCUT2D eigenvalue weighted by Gasteiger charge is 2.33. The summed E-state index contributed by atoms with van der Waals surface area (Å²) in [4.78, 5) is 5.37. The van der Waals surface area contributed by atoms with Gasteiger partial charge in [-0.1, -0.05) is 13.3 Å². The molecule has 19 heavy (non-hydrogen) atoms. The molecule has 2 rings (SSSR count).